The Morgan fingerprint density at radius 3 is 1.90 bits per heavy atom. The molecule has 1 aliphatic carbocycles. The molecular weight excluding hydrogens is 264 g/mol. The zero-order chi connectivity index (χ0) is 16.3. The van der Waals surface area contributed by atoms with Crippen molar-refractivity contribution in [3.63, 3.8) is 0 Å². The van der Waals surface area contributed by atoms with Crippen molar-refractivity contribution in [1.82, 2.24) is 0 Å². The number of Topliss-reactive ketones (excluding diaryl/α,β-unsaturated/α-hetero) is 1. The summed E-state index contributed by atoms with van der Waals surface area (Å²) in [7, 11) is 0. The highest BCUT2D eigenvalue weighted by molar-refractivity contribution is 5.83. The molecule has 0 N–H and O–H groups in total. The van der Waals surface area contributed by atoms with Gasteiger partial charge in [-0.25, -0.2) is 0 Å². The number of ketones is 1. The lowest BCUT2D eigenvalue weighted by Crippen LogP contribution is -2.32. The fraction of sp³-hybridized carbons (Fsp3) is 0.889. The fourth-order valence-electron chi connectivity index (χ4n) is 2.72. The summed E-state index contributed by atoms with van der Waals surface area (Å²) in [6.07, 6.45) is 5.14. The van der Waals surface area contributed by atoms with E-state index in [9.17, 15) is 9.59 Å². The van der Waals surface area contributed by atoms with Crippen LogP contribution in [0.5, 0.6) is 0 Å². The standard InChI is InChI=1S/C18H32O3/c1-17(2,3)15(19)11-13-9-7-8-10-14(13)12-21-16(20)18(4,5)6/h13-14H,7-12H2,1-6H3. The number of ether oxygens (including phenoxy) is 1. The van der Waals surface area contributed by atoms with Crippen molar-refractivity contribution in [1.29, 1.82) is 0 Å². The van der Waals surface area contributed by atoms with E-state index < -0.39 is 5.41 Å². The SMILES string of the molecule is CC(C)(C)C(=O)CC1CCCCC1COC(=O)C(C)(C)C. The minimum atomic E-state index is -0.453. The Morgan fingerprint density at radius 2 is 1.43 bits per heavy atom. The van der Waals surface area contributed by atoms with E-state index in [2.05, 4.69) is 0 Å². The summed E-state index contributed by atoms with van der Waals surface area (Å²) in [4.78, 5) is 24.2. The molecule has 0 amide bonds. The maximum Gasteiger partial charge on any atom is 0.311 e. The van der Waals surface area contributed by atoms with Crippen LogP contribution in [-0.4, -0.2) is 18.4 Å². The van der Waals surface area contributed by atoms with E-state index in [0.29, 0.717) is 30.6 Å². The average Bonchev–Trinajstić information content (AvgIpc) is 2.35. The number of carbonyl (C=O) groups is 2. The van der Waals surface area contributed by atoms with Gasteiger partial charge in [-0.1, -0.05) is 33.6 Å². The second-order valence-electron chi connectivity index (χ2n) is 8.53. The molecule has 1 rings (SSSR count). The predicted molar refractivity (Wildman–Crippen MR) is 84.9 cm³/mol. The van der Waals surface area contributed by atoms with Gasteiger partial charge in [0, 0.05) is 11.8 Å². The van der Waals surface area contributed by atoms with Gasteiger partial charge in [0.05, 0.1) is 12.0 Å². The van der Waals surface area contributed by atoms with E-state index >= 15 is 0 Å². The van der Waals surface area contributed by atoms with Crippen molar-refractivity contribution in [3.8, 4) is 0 Å². The summed E-state index contributed by atoms with van der Waals surface area (Å²) in [6, 6.07) is 0. The number of hydrogen-bond acceptors (Lipinski definition) is 3. The highest BCUT2D eigenvalue weighted by atomic mass is 16.5. The second-order valence-corrected chi connectivity index (χ2v) is 8.53. The Labute approximate surface area is 129 Å². The number of hydrogen-bond donors (Lipinski definition) is 0. The molecule has 2 atom stereocenters. The largest absolute Gasteiger partial charge is 0.465 e. The van der Waals surface area contributed by atoms with Crippen molar-refractivity contribution in [3.05, 3.63) is 0 Å². The van der Waals surface area contributed by atoms with E-state index in [1.165, 1.54) is 12.8 Å². The van der Waals surface area contributed by atoms with Crippen LogP contribution >= 0.6 is 0 Å². The maximum absolute atomic E-state index is 12.3. The molecule has 122 valence electrons. The summed E-state index contributed by atoms with van der Waals surface area (Å²) >= 11 is 0. The molecule has 0 saturated heterocycles. The molecule has 0 heterocycles. The van der Waals surface area contributed by atoms with E-state index in [4.69, 9.17) is 4.74 Å². The minimum absolute atomic E-state index is 0.144. The Hall–Kier alpha value is -0.860. The molecule has 0 radical (unpaired) electrons. The third-order valence-electron chi connectivity index (χ3n) is 4.39. The minimum Gasteiger partial charge on any atom is -0.465 e. The molecule has 3 heteroatoms. The van der Waals surface area contributed by atoms with E-state index in [1.54, 1.807) is 0 Å². The van der Waals surface area contributed by atoms with Crippen molar-refractivity contribution < 1.29 is 14.3 Å². The van der Waals surface area contributed by atoms with Crippen LogP contribution in [-0.2, 0) is 14.3 Å². The van der Waals surface area contributed by atoms with Crippen LogP contribution in [0, 0.1) is 22.7 Å². The molecule has 0 spiro atoms. The molecule has 0 aromatic heterocycles. The van der Waals surface area contributed by atoms with Crippen LogP contribution < -0.4 is 0 Å². The lowest BCUT2D eigenvalue weighted by atomic mass is 9.74. The van der Waals surface area contributed by atoms with Gasteiger partial charge in [0.15, 0.2) is 0 Å². The number of rotatable bonds is 4. The van der Waals surface area contributed by atoms with Crippen LogP contribution in [0.2, 0.25) is 0 Å². The molecule has 21 heavy (non-hydrogen) atoms. The van der Waals surface area contributed by atoms with Crippen LogP contribution in [0.4, 0.5) is 0 Å². The first-order valence-electron chi connectivity index (χ1n) is 8.22. The molecule has 0 aromatic carbocycles. The zero-order valence-corrected chi connectivity index (χ0v) is 14.6. The highest BCUT2D eigenvalue weighted by Crippen LogP contribution is 2.35. The molecule has 1 fully saturated rings. The predicted octanol–water partition coefficient (Wildman–Crippen LogP) is 4.39. The monoisotopic (exact) mass is 296 g/mol. The van der Waals surface area contributed by atoms with Gasteiger partial charge in [0.25, 0.3) is 0 Å². The van der Waals surface area contributed by atoms with Gasteiger partial charge >= 0.3 is 5.97 Å². The fourth-order valence-corrected chi connectivity index (χ4v) is 2.72. The van der Waals surface area contributed by atoms with Gasteiger partial charge in [0.2, 0.25) is 0 Å². The van der Waals surface area contributed by atoms with Gasteiger partial charge in [-0.05, 0) is 45.4 Å². The zero-order valence-electron chi connectivity index (χ0n) is 14.6. The summed E-state index contributed by atoms with van der Waals surface area (Å²) in [6.45, 7) is 12.0. The van der Waals surface area contributed by atoms with Gasteiger partial charge in [0.1, 0.15) is 5.78 Å². The second kappa shape index (κ2) is 6.93. The lowest BCUT2D eigenvalue weighted by Gasteiger charge is -2.33. The topological polar surface area (TPSA) is 43.4 Å². The quantitative estimate of drug-likeness (QED) is 0.723. The number of esters is 1. The van der Waals surface area contributed by atoms with Crippen LogP contribution in [0.1, 0.15) is 73.6 Å². The first-order chi connectivity index (χ1) is 9.51. The third-order valence-corrected chi connectivity index (χ3v) is 4.39. The van der Waals surface area contributed by atoms with Crippen molar-refractivity contribution in [2.24, 2.45) is 22.7 Å². The van der Waals surface area contributed by atoms with Crippen molar-refractivity contribution in [2.75, 3.05) is 6.61 Å². The van der Waals surface area contributed by atoms with Gasteiger partial charge in [-0.2, -0.15) is 0 Å². The van der Waals surface area contributed by atoms with Crippen LogP contribution in [0.15, 0.2) is 0 Å². The normalized spacial score (nSPS) is 23.7. The summed E-state index contributed by atoms with van der Waals surface area (Å²) in [5.74, 6) is 0.894. The van der Waals surface area contributed by atoms with Crippen molar-refractivity contribution >= 4 is 11.8 Å². The lowest BCUT2D eigenvalue weighted by molar-refractivity contribution is -0.155. The highest BCUT2D eigenvalue weighted by Gasteiger charge is 2.32. The van der Waals surface area contributed by atoms with Crippen LogP contribution in [0.3, 0.4) is 0 Å². The maximum atomic E-state index is 12.3. The molecule has 2 unspecified atom stereocenters. The van der Waals surface area contributed by atoms with Gasteiger partial charge in [-0.15, -0.1) is 0 Å². The molecule has 0 aliphatic heterocycles. The summed E-state index contributed by atoms with van der Waals surface area (Å²) in [5.41, 5.74) is -0.727. The molecule has 0 aromatic rings. The van der Waals surface area contributed by atoms with E-state index in [0.717, 1.165) is 12.8 Å². The Kier molecular flexibility index (Phi) is 6.01. The van der Waals surface area contributed by atoms with Crippen LogP contribution in [0.25, 0.3) is 0 Å². The summed E-state index contributed by atoms with van der Waals surface area (Å²) in [5, 5.41) is 0. The molecule has 1 aliphatic rings. The van der Waals surface area contributed by atoms with Gasteiger partial charge < -0.3 is 4.74 Å². The van der Waals surface area contributed by atoms with E-state index in [1.807, 2.05) is 41.5 Å². The first kappa shape index (κ1) is 18.2. The molecular formula is C18H32O3. The Bertz CT molecular complexity index is 371. The smallest absolute Gasteiger partial charge is 0.311 e. The molecule has 3 nitrogen and oxygen atoms in total. The molecule has 1 saturated carbocycles. The summed E-state index contributed by atoms with van der Waals surface area (Å²) < 4.78 is 5.49. The average molecular weight is 296 g/mol. The third kappa shape index (κ3) is 5.80. The number of carbonyl (C=O) groups excluding carboxylic acids is 2. The first-order valence-corrected chi connectivity index (χ1v) is 8.22. The van der Waals surface area contributed by atoms with Gasteiger partial charge in [-0.3, -0.25) is 9.59 Å². The Morgan fingerprint density at radius 1 is 0.905 bits per heavy atom. The van der Waals surface area contributed by atoms with E-state index in [-0.39, 0.29) is 11.4 Å². The molecule has 0 bridgehead atoms. The van der Waals surface area contributed by atoms with Crippen molar-refractivity contribution in [2.45, 2.75) is 73.6 Å². The Balaban J connectivity index is 2.58.